The van der Waals surface area contributed by atoms with Crippen LogP contribution in [0.4, 0.5) is 0 Å². The first kappa shape index (κ1) is 17.7. The molecule has 1 aromatic rings. The number of sulfonamides is 1. The highest BCUT2D eigenvalue weighted by Crippen LogP contribution is 2.27. The predicted molar refractivity (Wildman–Crippen MR) is 92.3 cm³/mol. The van der Waals surface area contributed by atoms with Crippen molar-refractivity contribution in [2.24, 2.45) is 0 Å². The third kappa shape index (κ3) is 3.98. The van der Waals surface area contributed by atoms with E-state index in [1.54, 1.807) is 12.1 Å². The van der Waals surface area contributed by atoms with Crippen LogP contribution >= 0.6 is 21.6 Å². The molecule has 1 aliphatic heterocycles. The van der Waals surface area contributed by atoms with Crippen LogP contribution in [0.3, 0.4) is 0 Å². The summed E-state index contributed by atoms with van der Waals surface area (Å²) in [5.41, 5.74) is 1.09. The summed E-state index contributed by atoms with van der Waals surface area (Å²) in [5.74, 6) is 0.0834. The maximum atomic E-state index is 12.7. The van der Waals surface area contributed by atoms with Gasteiger partial charge in [-0.3, -0.25) is 4.79 Å². The summed E-state index contributed by atoms with van der Waals surface area (Å²) in [7, 11) is -0.678. The molecular weight excluding hydrogens is 340 g/mol. The van der Waals surface area contributed by atoms with Crippen molar-refractivity contribution in [3.63, 3.8) is 0 Å². The maximum Gasteiger partial charge on any atom is 0.243 e. The van der Waals surface area contributed by atoms with E-state index >= 15 is 0 Å². The van der Waals surface area contributed by atoms with Crippen molar-refractivity contribution < 1.29 is 13.2 Å². The Balaban J connectivity index is 2.23. The Morgan fingerprint density at radius 2 is 1.91 bits per heavy atom. The van der Waals surface area contributed by atoms with Crippen molar-refractivity contribution in [2.75, 3.05) is 19.3 Å². The molecule has 1 aromatic carbocycles. The van der Waals surface area contributed by atoms with Crippen LogP contribution in [0.15, 0.2) is 29.2 Å². The third-order valence-electron chi connectivity index (χ3n) is 3.41. The molecule has 1 amide bonds. The Morgan fingerprint density at radius 1 is 1.27 bits per heavy atom. The topological polar surface area (TPSA) is 66.5 Å². The summed E-state index contributed by atoms with van der Waals surface area (Å²) in [6, 6.07) is 6.90. The third-order valence-corrected chi connectivity index (χ3v) is 7.20. The number of piperazine rings is 1. The van der Waals surface area contributed by atoms with E-state index in [4.69, 9.17) is 0 Å². The van der Waals surface area contributed by atoms with E-state index in [0.29, 0.717) is 5.92 Å². The lowest BCUT2D eigenvalue weighted by molar-refractivity contribution is -0.123. The van der Waals surface area contributed by atoms with Crippen molar-refractivity contribution in [3.8, 4) is 0 Å². The van der Waals surface area contributed by atoms with E-state index in [-0.39, 0.29) is 29.3 Å². The zero-order chi connectivity index (χ0) is 16.3. The number of hydrogen-bond donors (Lipinski definition) is 1. The second kappa shape index (κ2) is 7.25. The molecule has 1 fully saturated rings. The van der Waals surface area contributed by atoms with Crippen molar-refractivity contribution in [2.45, 2.75) is 30.0 Å². The number of amides is 1. The number of nitrogens with zero attached hydrogens (tertiary/aromatic N) is 1. The van der Waals surface area contributed by atoms with Crippen molar-refractivity contribution >= 4 is 37.5 Å². The first-order valence-corrected chi connectivity index (χ1v) is 11.0. The molecule has 0 spiro atoms. The fraction of sp³-hybridized carbons (Fsp3) is 0.500. The smallest absolute Gasteiger partial charge is 0.243 e. The lowest BCUT2D eigenvalue weighted by Gasteiger charge is -2.31. The Morgan fingerprint density at radius 3 is 2.45 bits per heavy atom. The lowest BCUT2D eigenvalue weighted by atomic mass is 10.0. The van der Waals surface area contributed by atoms with Gasteiger partial charge in [-0.25, -0.2) is 8.42 Å². The number of rotatable bonds is 5. The normalized spacial score (nSPS) is 20.2. The van der Waals surface area contributed by atoms with Crippen LogP contribution in [0, 0.1) is 0 Å². The fourth-order valence-electron chi connectivity index (χ4n) is 2.21. The van der Waals surface area contributed by atoms with Gasteiger partial charge in [-0.15, -0.1) is 0 Å². The number of carbonyl (C=O) groups excluding carboxylic acids is 1. The van der Waals surface area contributed by atoms with Crippen LogP contribution in [-0.2, 0) is 14.8 Å². The largest absolute Gasteiger partial charge is 0.341 e. The van der Waals surface area contributed by atoms with Gasteiger partial charge in [-0.05, 0) is 29.9 Å². The molecule has 0 saturated carbocycles. The summed E-state index contributed by atoms with van der Waals surface area (Å²) in [5, 5.41) is 2.57. The molecule has 5 nitrogen and oxygen atoms in total. The lowest BCUT2D eigenvalue weighted by Crippen LogP contribution is -2.54. The highest BCUT2D eigenvalue weighted by molar-refractivity contribution is 8.76. The van der Waals surface area contributed by atoms with Gasteiger partial charge in [0, 0.05) is 6.54 Å². The van der Waals surface area contributed by atoms with Crippen LogP contribution in [-0.4, -0.2) is 43.3 Å². The average Bonchev–Trinajstić information content (AvgIpc) is 2.47. The monoisotopic (exact) mass is 360 g/mol. The molecule has 8 heteroatoms. The summed E-state index contributed by atoms with van der Waals surface area (Å²) in [6.45, 7) is 4.27. The van der Waals surface area contributed by atoms with E-state index in [0.717, 1.165) is 5.56 Å². The van der Waals surface area contributed by atoms with Gasteiger partial charge < -0.3 is 5.32 Å². The number of carbonyl (C=O) groups is 1. The summed E-state index contributed by atoms with van der Waals surface area (Å²) >= 11 is 0. The number of nitrogens with one attached hydrogen (secondary N) is 1. The van der Waals surface area contributed by atoms with Crippen molar-refractivity contribution in [1.82, 2.24) is 9.62 Å². The predicted octanol–water partition coefficient (Wildman–Crippen LogP) is 2.27. The van der Waals surface area contributed by atoms with E-state index in [1.165, 1.54) is 25.9 Å². The molecule has 122 valence electrons. The quantitative estimate of drug-likeness (QED) is 0.816. The first-order chi connectivity index (χ1) is 10.3. The Bertz CT molecular complexity index is 629. The molecule has 1 unspecified atom stereocenters. The SMILES string of the molecule is CSSC1CN(S(=O)(=O)c2ccc(C(C)C)cc2)CC(=O)N1. The molecule has 1 aliphatic rings. The Hall–Kier alpha value is -0.700. The number of benzene rings is 1. The number of hydrogen-bond acceptors (Lipinski definition) is 5. The van der Waals surface area contributed by atoms with Gasteiger partial charge >= 0.3 is 0 Å². The first-order valence-electron chi connectivity index (χ1n) is 6.93. The minimum Gasteiger partial charge on any atom is -0.341 e. The molecule has 0 bridgehead atoms. The Labute approximate surface area is 139 Å². The molecule has 0 aliphatic carbocycles. The van der Waals surface area contributed by atoms with Crippen LogP contribution in [0.1, 0.15) is 25.3 Å². The minimum atomic E-state index is -3.64. The summed E-state index contributed by atoms with van der Waals surface area (Å²) in [6.07, 6.45) is 1.90. The van der Waals surface area contributed by atoms with Gasteiger partial charge in [0.05, 0.1) is 16.8 Å². The molecule has 1 N–H and O–H groups in total. The molecular formula is C14H20N2O3S3. The molecule has 1 saturated heterocycles. The molecule has 2 rings (SSSR count). The summed E-state index contributed by atoms with van der Waals surface area (Å²) < 4.78 is 26.6. The van der Waals surface area contributed by atoms with E-state index in [2.05, 4.69) is 19.2 Å². The van der Waals surface area contributed by atoms with E-state index < -0.39 is 10.0 Å². The van der Waals surface area contributed by atoms with Gasteiger partial charge in [0.25, 0.3) is 0 Å². The van der Waals surface area contributed by atoms with E-state index in [9.17, 15) is 13.2 Å². The average molecular weight is 361 g/mol. The van der Waals surface area contributed by atoms with Crippen molar-refractivity contribution in [3.05, 3.63) is 29.8 Å². The van der Waals surface area contributed by atoms with Crippen molar-refractivity contribution in [1.29, 1.82) is 0 Å². The molecule has 22 heavy (non-hydrogen) atoms. The van der Waals surface area contributed by atoms with Crippen LogP contribution in [0.5, 0.6) is 0 Å². The van der Waals surface area contributed by atoms with Gasteiger partial charge in [-0.2, -0.15) is 4.31 Å². The fourth-order valence-corrected chi connectivity index (χ4v) is 5.39. The standard InChI is InChI=1S/C14H20N2O3S3/c1-10(2)11-4-6-12(7-5-11)22(18,19)16-8-13(17)15-14(9-16)21-20-3/h4-7,10,14H,8-9H2,1-3H3,(H,15,17). The van der Waals surface area contributed by atoms with Gasteiger partial charge in [0.1, 0.15) is 0 Å². The summed E-state index contributed by atoms with van der Waals surface area (Å²) in [4.78, 5) is 12.0. The highest BCUT2D eigenvalue weighted by atomic mass is 33.1. The highest BCUT2D eigenvalue weighted by Gasteiger charge is 2.33. The molecule has 1 heterocycles. The van der Waals surface area contributed by atoms with Gasteiger partial charge in [0.15, 0.2) is 0 Å². The Kier molecular flexibility index (Phi) is 5.81. The zero-order valence-corrected chi connectivity index (χ0v) is 15.2. The van der Waals surface area contributed by atoms with E-state index in [1.807, 2.05) is 18.4 Å². The second-order valence-electron chi connectivity index (χ2n) is 5.34. The minimum absolute atomic E-state index is 0.125. The molecule has 0 radical (unpaired) electrons. The van der Waals surface area contributed by atoms with Crippen LogP contribution in [0.25, 0.3) is 0 Å². The van der Waals surface area contributed by atoms with Crippen LogP contribution < -0.4 is 5.32 Å². The maximum absolute atomic E-state index is 12.7. The molecule has 1 atom stereocenters. The second-order valence-corrected chi connectivity index (χ2v) is 9.95. The molecule has 0 aromatic heterocycles. The van der Waals surface area contributed by atoms with Gasteiger partial charge in [-0.1, -0.05) is 47.6 Å². The zero-order valence-electron chi connectivity index (χ0n) is 12.8. The van der Waals surface area contributed by atoms with Crippen LogP contribution in [0.2, 0.25) is 0 Å². The van der Waals surface area contributed by atoms with Gasteiger partial charge in [0.2, 0.25) is 15.9 Å².